The van der Waals surface area contributed by atoms with Gasteiger partial charge in [0.1, 0.15) is 12.7 Å². The van der Waals surface area contributed by atoms with Crippen LogP contribution in [0.15, 0.2) is 49.2 Å². The first-order valence-corrected chi connectivity index (χ1v) is 7.73. The molecule has 4 aromatic rings. The molecule has 8 heteroatoms. The zero-order valence-electron chi connectivity index (χ0n) is 13.5. The lowest BCUT2D eigenvalue weighted by Gasteiger charge is -2.07. The predicted molar refractivity (Wildman–Crippen MR) is 91.2 cm³/mol. The summed E-state index contributed by atoms with van der Waals surface area (Å²) in [5.74, 6) is -0.171. The summed E-state index contributed by atoms with van der Waals surface area (Å²) in [6.45, 7) is 2.33. The minimum absolute atomic E-state index is 0.171. The Hall–Kier alpha value is -3.55. The van der Waals surface area contributed by atoms with E-state index in [-0.39, 0.29) is 5.91 Å². The molecule has 1 aromatic carbocycles. The van der Waals surface area contributed by atoms with Gasteiger partial charge in [0, 0.05) is 23.8 Å². The molecule has 0 aliphatic carbocycles. The maximum Gasteiger partial charge on any atom is 0.253 e. The summed E-state index contributed by atoms with van der Waals surface area (Å²) in [6.07, 6.45) is 4.66. The lowest BCUT2D eigenvalue weighted by atomic mass is 10.1. The van der Waals surface area contributed by atoms with Crippen molar-refractivity contribution in [3.8, 4) is 5.69 Å². The van der Waals surface area contributed by atoms with Gasteiger partial charge in [0.25, 0.3) is 5.91 Å². The van der Waals surface area contributed by atoms with Crippen molar-refractivity contribution < 1.29 is 4.79 Å². The van der Waals surface area contributed by atoms with Crippen LogP contribution in [0.3, 0.4) is 0 Å². The molecule has 1 amide bonds. The number of aromatic amines is 1. The highest BCUT2D eigenvalue weighted by Gasteiger charge is 2.10. The topological polar surface area (TPSA) is 101 Å². The number of carbonyl (C=O) groups excluding carboxylic acids is 1. The Balaban J connectivity index is 1.44. The number of nitrogens with one attached hydrogen (secondary N) is 2. The van der Waals surface area contributed by atoms with Gasteiger partial charge in [-0.3, -0.25) is 9.89 Å². The van der Waals surface area contributed by atoms with Gasteiger partial charge in [0.15, 0.2) is 5.65 Å². The van der Waals surface area contributed by atoms with Crippen LogP contribution in [0.2, 0.25) is 0 Å². The van der Waals surface area contributed by atoms with Gasteiger partial charge >= 0.3 is 0 Å². The molecule has 0 atom stereocenters. The molecule has 0 spiro atoms. The zero-order valence-corrected chi connectivity index (χ0v) is 13.5. The smallest absolute Gasteiger partial charge is 0.253 e. The number of H-pyrrole nitrogens is 1. The molecule has 2 N–H and O–H groups in total. The van der Waals surface area contributed by atoms with Crippen molar-refractivity contribution in [2.75, 3.05) is 0 Å². The Morgan fingerprint density at radius 1 is 1.28 bits per heavy atom. The molecule has 3 aromatic heterocycles. The first kappa shape index (κ1) is 15.0. The molecular formula is C17H15N7O. The number of nitrogens with zero attached hydrogens (tertiary/aromatic N) is 5. The van der Waals surface area contributed by atoms with E-state index in [9.17, 15) is 4.79 Å². The maximum absolute atomic E-state index is 12.3. The lowest BCUT2D eigenvalue weighted by Crippen LogP contribution is -2.22. The summed E-state index contributed by atoms with van der Waals surface area (Å²) >= 11 is 0. The molecular weight excluding hydrogens is 318 g/mol. The normalized spacial score (nSPS) is 10.9. The first-order chi connectivity index (χ1) is 12.2. The van der Waals surface area contributed by atoms with Crippen LogP contribution in [0, 0.1) is 6.92 Å². The standard InChI is InChI=1S/C17H15N7O/c1-11-15-6-13(8-19-16(15)23-22-11)17(25)20-7-12-2-4-14(5-3-12)24-10-18-9-21-24/h2-6,8-10H,7H2,1H3,(H,20,25)(H,19,22,23). The van der Waals surface area contributed by atoms with Crippen LogP contribution in [-0.2, 0) is 6.54 Å². The Labute approximate surface area is 142 Å². The van der Waals surface area contributed by atoms with E-state index in [1.54, 1.807) is 17.1 Å². The summed E-state index contributed by atoms with van der Waals surface area (Å²) in [7, 11) is 0. The third-order valence-electron chi connectivity index (χ3n) is 3.94. The molecule has 0 aliphatic rings. The SMILES string of the molecule is Cc1[nH]nc2ncc(C(=O)NCc3ccc(-n4cncn4)cc3)cc12. The number of hydrogen-bond donors (Lipinski definition) is 2. The third kappa shape index (κ3) is 2.97. The van der Waals surface area contributed by atoms with Gasteiger partial charge in [-0.15, -0.1) is 0 Å². The lowest BCUT2D eigenvalue weighted by molar-refractivity contribution is 0.0950. The van der Waals surface area contributed by atoms with Gasteiger partial charge in [-0.2, -0.15) is 10.2 Å². The van der Waals surface area contributed by atoms with E-state index in [2.05, 4.69) is 30.6 Å². The first-order valence-electron chi connectivity index (χ1n) is 7.73. The van der Waals surface area contributed by atoms with Gasteiger partial charge in [0.2, 0.25) is 0 Å². The molecule has 0 unspecified atom stereocenters. The molecule has 3 heterocycles. The number of aryl methyl sites for hydroxylation is 1. The summed E-state index contributed by atoms with van der Waals surface area (Å²) in [4.78, 5) is 20.5. The van der Waals surface area contributed by atoms with E-state index >= 15 is 0 Å². The Kier molecular flexibility index (Phi) is 3.70. The highest BCUT2D eigenvalue weighted by Crippen LogP contribution is 2.14. The van der Waals surface area contributed by atoms with Crippen LogP contribution in [0.5, 0.6) is 0 Å². The van der Waals surface area contributed by atoms with Gasteiger partial charge in [-0.05, 0) is 30.7 Å². The van der Waals surface area contributed by atoms with Crippen molar-refractivity contribution >= 4 is 16.9 Å². The van der Waals surface area contributed by atoms with Gasteiger partial charge in [0.05, 0.1) is 11.3 Å². The van der Waals surface area contributed by atoms with Gasteiger partial charge < -0.3 is 5.32 Å². The van der Waals surface area contributed by atoms with Crippen LogP contribution in [0.25, 0.3) is 16.7 Å². The van der Waals surface area contributed by atoms with Crippen LogP contribution in [0.1, 0.15) is 21.6 Å². The van der Waals surface area contributed by atoms with E-state index in [1.807, 2.05) is 31.2 Å². The van der Waals surface area contributed by atoms with E-state index in [0.29, 0.717) is 17.8 Å². The second kappa shape index (κ2) is 6.16. The number of aromatic nitrogens is 6. The molecule has 0 radical (unpaired) electrons. The fourth-order valence-corrected chi connectivity index (χ4v) is 2.54. The number of benzene rings is 1. The van der Waals surface area contributed by atoms with Crippen molar-refractivity contribution in [2.45, 2.75) is 13.5 Å². The zero-order chi connectivity index (χ0) is 17.2. The quantitative estimate of drug-likeness (QED) is 0.593. The van der Waals surface area contributed by atoms with E-state index in [4.69, 9.17) is 0 Å². The van der Waals surface area contributed by atoms with Crippen molar-refractivity contribution in [3.05, 3.63) is 66.0 Å². The minimum atomic E-state index is -0.171. The molecule has 25 heavy (non-hydrogen) atoms. The number of rotatable bonds is 4. The van der Waals surface area contributed by atoms with Gasteiger partial charge in [-0.25, -0.2) is 14.6 Å². The predicted octanol–water partition coefficient (Wildman–Crippen LogP) is 1.78. The molecule has 124 valence electrons. The number of pyridine rings is 1. The molecule has 0 bridgehead atoms. The second-order valence-corrected chi connectivity index (χ2v) is 5.63. The van der Waals surface area contributed by atoms with Gasteiger partial charge in [-0.1, -0.05) is 12.1 Å². The van der Waals surface area contributed by atoms with Crippen molar-refractivity contribution in [1.82, 2.24) is 35.3 Å². The van der Waals surface area contributed by atoms with E-state index < -0.39 is 0 Å². The molecule has 0 saturated heterocycles. The highest BCUT2D eigenvalue weighted by atomic mass is 16.1. The Morgan fingerprint density at radius 3 is 2.88 bits per heavy atom. The van der Waals surface area contributed by atoms with E-state index in [0.717, 1.165) is 22.3 Å². The Bertz CT molecular complexity index is 1020. The number of amides is 1. The van der Waals surface area contributed by atoms with Crippen LogP contribution >= 0.6 is 0 Å². The third-order valence-corrected chi connectivity index (χ3v) is 3.94. The van der Waals surface area contributed by atoms with Crippen LogP contribution < -0.4 is 5.32 Å². The van der Waals surface area contributed by atoms with E-state index in [1.165, 1.54) is 12.5 Å². The summed E-state index contributed by atoms with van der Waals surface area (Å²) in [6, 6.07) is 9.54. The maximum atomic E-state index is 12.3. The molecule has 4 rings (SSSR count). The van der Waals surface area contributed by atoms with Crippen LogP contribution in [-0.4, -0.2) is 35.9 Å². The minimum Gasteiger partial charge on any atom is -0.348 e. The molecule has 0 saturated carbocycles. The number of fused-ring (bicyclic) bond motifs is 1. The highest BCUT2D eigenvalue weighted by molar-refractivity contribution is 5.97. The Morgan fingerprint density at radius 2 is 2.12 bits per heavy atom. The molecule has 0 fully saturated rings. The fourth-order valence-electron chi connectivity index (χ4n) is 2.54. The number of carbonyl (C=O) groups is 1. The van der Waals surface area contributed by atoms with Crippen molar-refractivity contribution in [3.63, 3.8) is 0 Å². The monoisotopic (exact) mass is 333 g/mol. The molecule has 0 aliphatic heterocycles. The van der Waals surface area contributed by atoms with Crippen molar-refractivity contribution in [2.24, 2.45) is 0 Å². The average molecular weight is 333 g/mol. The fraction of sp³-hybridized carbons (Fsp3) is 0.118. The molecule has 8 nitrogen and oxygen atoms in total. The summed E-state index contributed by atoms with van der Waals surface area (Å²) < 4.78 is 1.68. The summed E-state index contributed by atoms with van der Waals surface area (Å²) in [5, 5.41) is 14.8. The largest absolute Gasteiger partial charge is 0.348 e. The summed E-state index contributed by atoms with van der Waals surface area (Å²) in [5.41, 5.74) is 3.92. The van der Waals surface area contributed by atoms with Crippen molar-refractivity contribution in [1.29, 1.82) is 0 Å². The average Bonchev–Trinajstić information content (AvgIpc) is 3.30. The second-order valence-electron chi connectivity index (χ2n) is 5.63. The van der Waals surface area contributed by atoms with Crippen LogP contribution in [0.4, 0.5) is 0 Å². The number of hydrogen-bond acceptors (Lipinski definition) is 5.